The topological polar surface area (TPSA) is 78.9 Å². The molecular weight excluding hydrogens is 320 g/mol. The lowest BCUT2D eigenvalue weighted by Gasteiger charge is -2.41. The number of carbonyl (C=O) groups is 2. The van der Waals surface area contributed by atoms with Gasteiger partial charge in [-0.2, -0.15) is 0 Å². The molecule has 0 aliphatic carbocycles. The number of benzene rings is 1. The van der Waals surface area contributed by atoms with Crippen molar-refractivity contribution < 1.29 is 19.4 Å². The zero-order chi connectivity index (χ0) is 17.9. The van der Waals surface area contributed by atoms with Crippen LogP contribution in [0.25, 0.3) is 0 Å². The summed E-state index contributed by atoms with van der Waals surface area (Å²) in [4.78, 5) is 25.6. The summed E-state index contributed by atoms with van der Waals surface area (Å²) in [5.41, 5.74) is 1.36. The molecule has 2 heterocycles. The zero-order valence-electron chi connectivity index (χ0n) is 14.7. The maximum Gasteiger partial charge on any atom is 0.335 e. The molecule has 2 N–H and O–H groups in total. The first-order chi connectivity index (χ1) is 12.0. The maximum absolute atomic E-state index is 12.4. The van der Waals surface area contributed by atoms with E-state index in [0.29, 0.717) is 25.2 Å². The van der Waals surface area contributed by atoms with Crippen molar-refractivity contribution in [3.05, 3.63) is 35.4 Å². The summed E-state index contributed by atoms with van der Waals surface area (Å²) in [7, 11) is 0. The molecule has 0 atom stereocenters. The summed E-state index contributed by atoms with van der Waals surface area (Å²) in [6.45, 7) is 5.53. The molecule has 0 aromatic heterocycles. The molecule has 2 saturated heterocycles. The van der Waals surface area contributed by atoms with E-state index in [2.05, 4.69) is 12.2 Å². The van der Waals surface area contributed by atoms with Gasteiger partial charge in [-0.05, 0) is 36.8 Å². The first-order valence-electron chi connectivity index (χ1n) is 8.97. The molecule has 3 rings (SSSR count). The van der Waals surface area contributed by atoms with Gasteiger partial charge in [0.2, 0.25) is 0 Å². The number of likely N-dealkylation sites (tertiary alicyclic amines) is 1. The highest BCUT2D eigenvalue weighted by molar-refractivity contribution is 5.89. The number of urea groups is 1. The second-order valence-corrected chi connectivity index (χ2v) is 7.16. The summed E-state index contributed by atoms with van der Waals surface area (Å²) >= 11 is 0. The molecule has 25 heavy (non-hydrogen) atoms. The lowest BCUT2D eigenvalue weighted by atomic mass is 9.83. The van der Waals surface area contributed by atoms with Crippen LogP contribution in [-0.4, -0.2) is 54.9 Å². The second-order valence-electron chi connectivity index (χ2n) is 7.16. The van der Waals surface area contributed by atoms with Crippen LogP contribution in [0.5, 0.6) is 0 Å². The van der Waals surface area contributed by atoms with E-state index in [1.165, 1.54) is 0 Å². The molecule has 6 nitrogen and oxygen atoms in total. The number of carbonyl (C=O) groups excluding carboxylic acids is 1. The van der Waals surface area contributed by atoms with E-state index >= 15 is 0 Å². The Balaban J connectivity index is 1.53. The number of rotatable bonds is 5. The fourth-order valence-corrected chi connectivity index (χ4v) is 3.64. The first kappa shape index (κ1) is 17.7. The highest BCUT2D eigenvalue weighted by Gasteiger charge is 2.37. The van der Waals surface area contributed by atoms with E-state index in [4.69, 9.17) is 4.74 Å². The fraction of sp³-hybridized carbons (Fsp3) is 0.579. The second kappa shape index (κ2) is 7.44. The Morgan fingerprint density at radius 1 is 1.28 bits per heavy atom. The van der Waals surface area contributed by atoms with Gasteiger partial charge in [0.05, 0.1) is 18.8 Å². The van der Waals surface area contributed by atoms with Gasteiger partial charge < -0.3 is 20.1 Å². The minimum atomic E-state index is -0.886. The normalized spacial score (nSPS) is 20.0. The highest BCUT2D eigenvalue weighted by atomic mass is 16.5. The van der Waals surface area contributed by atoms with Gasteiger partial charge >= 0.3 is 12.0 Å². The molecule has 2 aliphatic heterocycles. The van der Waals surface area contributed by atoms with Crippen LogP contribution in [0, 0.1) is 5.41 Å². The summed E-state index contributed by atoms with van der Waals surface area (Å²) < 4.78 is 5.29. The average molecular weight is 346 g/mol. The van der Waals surface area contributed by atoms with Crippen LogP contribution in [0.1, 0.15) is 48.0 Å². The third kappa shape index (κ3) is 3.79. The predicted molar refractivity (Wildman–Crippen MR) is 93.9 cm³/mol. The standard InChI is InChI=1S/C19H26N2O4/c1-2-19(12-25-13-19)11-20-18(24)21-9-7-14(8-10-21)15-5-3-4-6-16(15)17(22)23/h3-6,14H,2,7-13H2,1H3,(H,20,24)(H,22,23). The van der Waals surface area contributed by atoms with Crippen molar-refractivity contribution in [2.45, 2.75) is 32.1 Å². The number of amides is 2. The Bertz CT molecular complexity index is 629. The smallest absolute Gasteiger partial charge is 0.335 e. The molecule has 0 radical (unpaired) electrons. The minimum Gasteiger partial charge on any atom is -0.478 e. The molecule has 2 fully saturated rings. The highest BCUT2D eigenvalue weighted by Crippen LogP contribution is 2.32. The van der Waals surface area contributed by atoms with Gasteiger partial charge in [-0.25, -0.2) is 9.59 Å². The van der Waals surface area contributed by atoms with Gasteiger partial charge in [0.25, 0.3) is 0 Å². The number of nitrogens with one attached hydrogen (secondary N) is 1. The Morgan fingerprint density at radius 3 is 2.52 bits per heavy atom. The minimum absolute atomic E-state index is 0.0234. The quantitative estimate of drug-likeness (QED) is 0.859. The van der Waals surface area contributed by atoms with Crippen molar-refractivity contribution in [2.75, 3.05) is 32.8 Å². The number of carboxylic acid groups (broad SMARTS) is 1. The van der Waals surface area contributed by atoms with Crippen LogP contribution < -0.4 is 5.32 Å². The van der Waals surface area contributed by atoms with Crippen LogP contribution in [0.4, 0.5) is 4.79 Å². The molecule has 0 saturated carbocycles. The van der Waals surface area contributed by atoms with Crippen molar-refractivity contribution in [1.82, 2.24) is 10.2 Å². The lowest BCUT2D eigenvalue weighted by molar-refractivity contribution is -0.111. The van der Waals surface area contributed by atoms with Crippen molar-refractivity contribution in [2.24, 2.45) is 5.41 Å². The monoisotopic (exact) mass is 346 g/mol. The van der Waals surface area contributed by atoms with E-state index in [1.807, 2.05) is 17.0 Å². The van der Waals surface area contributed by atoms with Gasteiger partial charge in [-0.15, -0.1) is 0 Å². The Hall–Kier alpha value is -2.08. The van der Waals surface area contributed by atoms with Gasteiger partial charge in [0.1, 0.15) is 0 Å². The number of aromatic carboxylic acids is 1. The van der Waals surface area contributed by atoms with Gasteiger partial charge in [-0.3, -0.25) is 0 Å². The number of piperidine rings is 1. The molecule has 1 aromatic carbocycles. The van der Waals surface area contributed by atoms with Crippen LogP contribution in [-0.2, 0) is 4.74 Å². The van der Waals surface area contributed by atoms with Crippen molar-refractivity contribution >= 4 is 12.0 Å². The summed E-state index contributed by atoms with van der Waals surface area (Å²) in [6, 6.07) is 7.16. The van der Waals surface area contributed by atoms with Crippen LogP contribution in [0.2, 0.25) is 0 Å². The number of nitrogens with zero attached hydrogens (tertiary/aromatic N) is 1. The maximum atomic E-state index is 12.4. The third-order valence-electron chi connectivity index (χ3n) is 5.59. The van der Waals surface area contributed by atoms with E-state index in [9.17, 15) is 14.7 Å². The average Bonchev–Trinajstić information content (AvgIpc) is 2.61. The molecule has 2 aliphatic rings. The van der Waals surface area contributed by atoms with Gasteiger partial charge in [0.15, 0.2) is 0 Å². The number of hydrogen-bond donors (Lipinski definition) is 2. The third-order valence-corrected chi connectivity index (χ3v) is 5.59. The molecule has 6 heteroatoms. The number of ether oxygens (including phenoxy) is 1. The van der Waals surface area contributed by atoms with Crippen molar-refractivity contribution in [3.63, 3.8) is 0 Å². The van der Waals surface area contributed by atoms with Crippen LogP contribution in [0.3, 0.4) is 0 Å². The van der Waals surface area contributed by atoms with Crippen LogP contribution in [0.15, 0.2) is 24.3 Å². The largest absolute Gasteiger partial charge is 0.478 e. The lowest BCUT2D eigenvalue weighted by Crippen LogP contribution is -2.53. The summed E-state index contributed by atoms with van der Waals surface area (Å²) in [5, 5.41) is 12.4. The number of carboxylic acids is 1. The molecule has 0 spiro atoms. The van der Waals surface area contributed by atoms with Gasteiger partial charge in [0, 0.05) is 25.0 Å². The molecule has 1 aromatic rings. The Kier molecular flexibility index (Phi) is 5.27. The van der Waals surface area contributed by atoms with E-state index < -0.39 is 5.97 Å². The zero-order valence-corrected chi connectivity index (χ0v) is 14.7. The fourth-order valence-electron chi connectivity index (χ4n) is 3.64. The van der Waals surface area contributed by atoms with Crippen molar-refractivity contribution in [3.8, 4) is 0 Å². The van der Waals surface area contributed by atoms with Crippen LogP contribution >= 0.6 is 0 Å². The Morgan fingerprint density at radius 2 is 1.96 bits per heavy atom. The predicted octanol–water partition coefficient (Wildman–Crippen LogP) is 2.70. The van der Waals surface area contributed by atoms with E-state index in [1.54, 1.807) is 12.1 Å². The SMILES string of the molecule is CCC1(CNC(=O)N2CCC(c3ccccc3C(=O)O)CC2)COC1. The molecular formula is C19H26N2O4. The van der Waals surface area contributed by atoms with E-state index in [-0.39, 0.29) is 17.4 Å². The van der Waals surface area contributed by atoms with E-state index in [0.717, 1.165) is 38.0 Å². The van der Waals surface area contributed by atoms with Gasteiger partial charge in [-0.1, -0.05) is 25.1 Å². The number of hydrogen-bond acceptors (Lipinski definition) is 3. The molecule has 136 valence electrons. The summed E-state index contributed by atoms with van der Waals surface area (Å²) in [6.07, 6.45) is 2.58. The van der Waals surface area contributed by atoms with Crippen molar-refractivity contribution in [1.29, 1.82) is 0 Å². The molecule has 0 bridgehead atoms. The first-order valence-corrected chi connectivity index (χ1v) is 8.97. The molecule has 2 amide bonds. The molecule has 0 unspecified atom stereocenters. The Labute approximate surface area is 148 Å². The summed E-state index contributed by atoms with van der Waals surface area (Å²) in [5.74, 6) is -0.693.